The lowest BCUT2D eigenvalue weighted by molar-refractivity contribution is 0.702. The van der Waals surface area contributed by atoms with Crippen LogP contribution in [0.15, 0.2) is 36.4 Å². The summed E-state index contributed by atoms with van der Waals surface area (Å²) in [4.78, 5) is 0. The van der Waals surface area contributed by atoms with Gasteiger partial charge in [-0.25, -0.2) is 0 Å². The van der Waals surface area contributed by atoms with Crippen LogP contribution in [0.25, 0.3) is 10.8 Å². The van der Waals surface area contributed by atoms with Gasteiger partial charge in [0.25, 0.3) is 0 Å². The topological polar surface area (TPSA) is 24.1 Å². The van der Waals surface area contributed by atoms with Crippen LogP contribution in [0, 0.1) is 0 Å². The maximum atomic E-state index is 3.68. The Bertz CT molecular complexity index is 870. The first-order valence-electron chi connectivity index (χ1n) is 12.6. The van der Waals surface area contributed by atoms with Crippen molar-refractivity contribution >= 4 is 26.6 Å². The third kappa shape index (κ3) is 5.58. The van der Waals surface area contributed by atoms with Gasteiger partial charge in [-0.2, -0.15) is 0 Å². The van der Waals surface area contributed by atoms with Crippen LogP contribution in [-0.2, 0) is 12.3 Å². The van der Waals surface area contributed by atoms with Gasteiger partial charge < -0.3 is 10.6 Å². The fourth-order valence-corrected chi connectivity index (χ4v) is 13.1. The third-order valence-corrected chi connectivity index (χ3v) is 14.8. The molecule has 0 amide bonds. The summed E-state index contributed by atoms with van der Waals surface area (Å²) in [5.41, 5.74) is 5.11. The lowest BCUT2D eigenvalue weighted by Crippen LogP contribution is -2.26. The van der Waals surface area contributed by atoms with E-state index in [0.29, 0.717) is 10.3 Å². The quantitative estimate of drug-likeness (QED) is 0.439. The zero-order valence-corrected chi connectivity index (χ0v) is 23.0. The van der Waals surface area contributed by atoms with Crippen molar-refractivity contribution in [3.05, 3.63) is 47.5 Å². The number of benzene rings is 2. The van der Waals surface area contributed by atoms with Crippen molar-refractivity contribution in [2.75, 3.05) is 26.2 Å². The van der Waals surface area contributed by atoms with E-state index in [-0.39, 0.29) is 15.8 Å². The van der Waals surface area contributed by atoms with E-state index < -0.39 is 0 Å². The molecular weight excluding hydrogens is 426 g/mol. The van der Waals surface area contributed by atoms with Crippen LogP contribution in [0.4, 0.5) is 0 Å². The molecule has 2 aromatic carbocycles. The molecule has 0 spiro atoms. The van der Waals surface area contributed by atoms with Gasteiger partial charge in [0.05, 0.1) is 0 Å². The highest BCUT2D eigenvalue weighted by molar-refractivity contribution is 7.60. The van der Waals surface area contributed by atoms with Gasteiger partial charge in [0.2, 0.25) is 0 Å². The number of fused-ring (bicyclic) bond motifs is 1. The minimum Gasteiger partial charge on any atom is -0.316 e. The summed E-state index contributed by atoms with van der Waals surface area (Å²) in [5.74, 6) is 0. The smallest absolute Gasteiger partial charge is 0.00196 e. The fraction of sp³-hybridized carbons (Fsp3) is 0.643. The van der Waals surface area contributed by atoms with Gasteiger partial charge in [-0.1, -0.05) is 93.8 Å². The zero-order chi connectivity index (χ0) is 22.9. The van der Waals surface area contributed by atoms with Crippen molar-refractivity contribution in [2.24, 2.45) is 0 Å². The Labute approximate surface area is 199 Å². The summed E-state index contributed by atoms with van der Waals surface area (Å²) in [6.45, 7) is 19.7. The molecule has 2 fully saturated rings. The summed E-state index contributed by atoms with van der Waals surface area (Å²) in [7, 11) is -0.181. The Morgan fingerprint density at radius 1 is 0.781 bits per heavy atom. The average molecular weight is 471 g/mol. The van der Waals surface area contributed by atoms with E-state index in [1.54, 1.807) is 11.1 Å². The molecule has 0 bridgehead atoms. The van der Waals surface area contributed by atoms with Crippen molar-refractivity contribution in [3.8, 4) is 0 Å². The highest BCUT2D eigenvalue weighted by Gasteiger charge is 2.36. The van der Waals surface area contributed by atoms with Crippen molar-refractivity contribution in [1.29, 1.82) is 0 Å². The second-order valence-electron chi connectivity index (χ2n) is 11.8. The molecule has 2 aliphatic rings. The molecule has 2 nitrogen and oxygen atoms in total. The third-order valence-electron chi connectivity index (χ3n) is 7.43. The van der Waals surface area contributed by atoms with Gasteiger partial charge in [0.1, 0.15) is 0 Å². The average Bonchev–Trinajstić information content (AvgIpc) is 3.43. The highest BCUT2D eigenvalue weighted by atomic mass is 31.1. The van der Waals surface area contributed by atoms with Crippen molar-refractivity contribution in [3.63, 3.8) is 0 Å². The van der Waals surface area contributed by atoms with Crippen molar-refractivity contribution < 1.29 is 0 Å². The molecule has 2 unspecified atom stereocenters. The molecule has 2 aromatic rings. The molecule has 0 aromatic heterocycles. The molecule has 4 heteroatoms. The molecule has 2 saturated heterocycles. The lowest BCUT2D eigenvalue weighted by Gasteiger charge is -2.42. The fourth-order valence-electron chi connectivity index (χ4n) is 5.95. The van der Waals surface area contributed by atoms with Crippen LogP contribution in [0.1, 0.15) is 65.5 Å². The minimum absolute atomic E-state index is 0.00978. The predicted molar refractivity (Wildman–Crippen MR) is 147 cm³/mol. The van der Waals surface area contributed by atoms with E-state index in [1.165, 1.54) is 62.1 Å². The van der Waals surface area contributed by atoms with Crippen LogP contribution in [0.2, 0.25) is 0 Å². The minimum atomic E-state index is -0.171. The molecule has 2 heterocycles. The Kier molecular flexibility index (Phi) is 7.68. The van der Waals surface area contributed by atoms with E-state index in [0.717, 1.165) is 11.3 Å². The number of rotatable bonds is 6. The Morgan fingerprint density at radius 2 is 1.38 bits per heavy atom. The normalized spacial score (nSPS) is 23.3. The molecule has 0 saturated carbocycles. The second kappa shape index (κ2) is 10.00. The SMILES string of the molecule is CC(C)(C)P(Cc1c(CP(C2CCNC2)C2CCNC2)ccc2ccccc12)C(C)(C)C. The number of hydrogen-bond acceptors (Lipinski definition) is 2. The van der Waals surface area contributed by atoms with Crippen LogP contribution in [0.3, 0.4) is 0 Å². The standard InChI is InChI=1S/C28H44N2P2/c1-27(2,3)32(28(4,5)6)20-26-22(12-11-21-9-7-8-10-25(21)26)19-31(23-13-15-29-17-23)24-14-16-30-18-24/h7-12,23-24,29-30H,13-20H2,1-6H3. The molecule has 0 aliphatic carbocycles. The van der Waals surface area contributed by atoms with Crippen LogP contribution in [-0.4, -0.2) is 47.8 Å². The Morgan fingerprint density at radius 3 is 1.91 bits per heavy atom. The number of nitrogens with one attached hydrogen (secondary N) is 2. The van der Waals surface area contributed by atoms with Gasteiger partial charge in [0.15, 0.2) is 0 Å². The summed E-state index contributed by atoms with van der Waals surface area (Å²) < 4.78 is 0. The molecule has 2 aliphatic heterocycles. The zero-order valence-electron chi connectivity index (χ0n) is 21.2. The largest absolute Gasteiger partial charge is 0.316 e. The maximum absolute atomic E-state index is 3.68. The van der Waals surface area contributed by atoms with E-state index in [2.05, 4.69) is 88.6 Å². The van der Waals surface area contributed by atoms with Gasteiger partial charge in [-0.3, -0.25) is 0 Å². The monoisotopic (exact) mass is 470 g/mol. The van der Waals surface area contributed by atoms with Crippen molar-refractivity contribution in [2.45, 2.75) is 88.3 Å². The van der Waals surface area contributed by atoms with E-state index >= 15 is 0 Å². The predicted octanol–water partition coefficient (Wildman–Crippen LogP) is 7.12. The summed E-state index contributed by atoms with van der Waals surface area (Å²) >= 11 is 0. The van der Waals surface area contributed by atoms with Gasteiger partial charge in [0, 0.05) is 13.1 Å². The highest BCUT2D eigenvalue weighted by Crippen LogP contribution is 2.62. The Hall–Kier alpha value is -0.520. The van der Waals surface area contributed by atoms with Gasteiger partial charge >= 0.3 is 0 Å². The van der Waals surface area contributed by atoms with Crippen LogP contribution in [0.5, 0.6) is 0 Å². The molecule has 2 N–H and O–H groups in total. The molecule has 176 valence electrons. The number of hydrogen-bond donors (Lipinski definition) is 2. The Balaban J connectivity index is 1.75. The van der Waals surface area contributed by atoms with Gasteiger partial charge in [-0.15, -0.1) is 0 Å². The summed E-state index contributed by atoms with van der Waals surface area (Å²) in [6, 6.07) is 14.1. The van der Waals surface area contributed by atoms with E-state index in [4.69, 9.17) is 0 Å². The molecular formula is C28H44N2P2. The first kappa shape index (κ1) is 24.6. The first-order chi connectivity index (χ1) is 15.1. The van der Waals surface area contributed by atoms with Crippen LogP contribution >= 0.6 is 15.8 Å². The molecule has 2 atom stereocenters. The van der Waals surface area contributed by atoms with Crippen LogP contribution < -0.4 is 10.6 Å². The van der Waals surface area contributed by atoms with E-state index in [9.17, 15) is 0 Å². The summed E-state index contributed by atoms with van der Waals surface area (Å²) in [5, 5.41) is 11.0. The molecule has 4 rings (SSSR count). The lowest BCUT2D eigenvalue weighted by atomic mass is 10.0. The maximum Gasteiger partial charge on any atom is 0.00196 e. The first-order valence-corrected chi connectivity index (χ1v) is 15.8. The van der Waals surface area contributed by atoms with Gasteiger partial charge in [-0.05, 0) is 81.8 Å². The van der Waals surface area contributed by atoms with Crippen molar-refractivity contribution in [1.82, 2.24) is 10.6 Å². The molecule has 0 radical (unpaired) electrons. The second-order valence-corrected chi connectivity index (χ2v) is 18.5. The van der Waals surface area contributed by atoms with E-state index in [1.807, 2.05) is 0 Å². The molecule has 32 heavy (non-hydrogen) atoms. The summed E-state index contributed by atoms with van der Waals surface area (Å²) in [6.07, 6.45) is 5.31.